The van der Waals surface area contributed by atoms with Gasteiger partial charge in [-0.2, -0.15) is 0 Å². The summed E-state index contributed by atoms with van der Waals surface area (Å²) >= 11 is 0. The molecule has 2 aliphatic rings. The van der Waals surface area contributed by atoms with Crippen LogP contribution >= 0.6 is 0 Å². The van der Waals surface area contributed by atoms with Gasteiger partial charge in [-0.15, -0.1) is 0 Å². The summed E-state index contributed by atoms with van der Waals surface area (Å²) in [6.45, 7) is 0.792. The van der Waals surface area contributed by atoms with Crippen molar-refractivity contribution >= 4 is 0 Å². The van der Waals surface area contributed by atoms with Crippen LogP contribution in [-0.4, -0.2) is 29.8 Å². The van der Waals surface area contributed by atoms with Crippen LogP contribution in [0, 0.1) is 5.92 Å². The molecular formula is C13H26N2O. The highest BCUT2D eigenvalue weighted by Crippen LogP contribution is 2.27. The summed E-state index contributed by atoms with van der Waals surface area (Å²) in [6.07, 6.45) is 9.48. The van der Waals surface area contributed by atoms with E-state index < -0.39 is 0 Å². The van der Waals surface area contributed by atoms with Gasteiger partial charge >= 0.3 is 0 Å². The van der Waals surface area contributed by atoms with E-state index in [1.165, 1.54) is 38.5 Å². The van der Waals surface area contributed by atoms with Gasteiger partial charge in [0.15, 0.2) is 0 Å². The fourth-order valence-electron chi connectivity index (χ4n) is 3.30. The van der Waals surface area contributed by atoms with Gasteiger partial charge < -0.3 is 16.2 Å². The zero-order valence-electron chi connectivity index (χ0n) is 10.2. The molecule has 0 aromatic heterocycles. The normalized spacial score (nSPS) is 40.9. The van der Waals surface area contributed by atoms with Crippen molar-refractivity contribution in [2.75, 3.05) is 6.54 Å². The van der Waals surface area contributed by atoms with Crippen LogP contribution in [0.2, 0.25) is 0 Å². The molecular weight excluding hydrogens is 200 g/mol. The Kier molecular flexibility index (Phi) is 4.62. The number of nitrogens with two attached hydrogens (primary N) is 1. The number of aliphatic hydroxyl groups is 1. The van der Waals surface area contributed by atoms with Crippen molar-refractivity contribution in [3.63, 3.8) is 0 Å². The van der Waals surface area contributed by atoms with Gasteiger partial charge in [0.05, 0.1) is 6.10 Å². The van der Waals surface area contributed by atoms with Crippen molar-refractivity contribution in [1.82, 2.24) is 5.32 Å². The highest BCUT2D eigenvalue weighted by atomic mass is 16.3. The predicted octanol–water partition coefficient (Wildman–Crippen LogP) is 1.40. The molecule has 0 saturated heterocycles. The second-order valence-electron chi connectivity index (χ2n) is 5.51. The lowest BCUT2D eigenvalue weighted by molar-refractivity contribution is 0.110. The maximum absolute atomic E-state index is 10.1. The minimum absolute atomic E-state index is 0.137. The van der Waals surface area contributed by atoms with Crippen molar-refractivity contribution < 1.29 is 5.11 Å². The third kappa shape index (κ3) is 2.96. The Morgan fingerprint density at radius 1 is 0.938 bits per heavy atom. The molecule has 2 aliphatic carbocycles. The Morgan fingerprint density at radius 2 is 1.69 bits per heavy atom. The van der Waals surface area contributed by atoms with Crippen LogP contribution in [0.1, 0.15) is 51.4 Å². The lowest BCUT2D eigenvalue weighted by Crippen LogP contribution is -2.47. The van der Waals surface area contributed by atoms with Crippen molar-refractivity contribution in [2.24, 2.45) is 11.7 Å². The lowest BCUT2D eigenvalue weighted by Gasteiger charge is -2.28. The summed E-state index contributed by atoms with van der Waals surface area (Å²) in [5, 5.41) is 13.8. The van der Waals surface area contributed by atoms with Crippen LogP contribution in [0.4, 0.5) is 0 Å². The Hall–Kier alpha value is -0.120. The second-order valence-corrected chi connectivity index (χ2v) is 5.51. The quantitative estimate of drug-likeness (QED) is 0.638. The Bertz CT molecular complexity index is 210. The van der Waals surface area contributed by atoms with Gasteiger partial charge in [-0.3, -0.25) is 0 Å². The van der Waals surface area contributed by atoms with Crippen LogP contribution in [0.5, 0.6) is 0 Å². The first-order valence-electron chi connectivity index (χ1n) is 6.95. The molecule has 3 heteroatoms. The van der Waals surface area contributed by atoms with E-state index in [9.17, 15) is 5.11 Å². The first-order valence-corrected chi connectivity index (χ1v) is 6.95. The molecule has 0 aromatic carbocycles. The van der Waals surface area contributed by atoms with Crippen LogP contribution in [0.3, 0.4) is 0 Å². The molecule has 4 atom stereocenters. The fourth-order valence-corrected chi connectivity index (χ4v) is 3.30. The van der Waals surface area contributed by atoms with Crippen molar-refractivity contribution in [2.45, 2.75) is 69.6 Å². The fraction of sp³-hybridized carbons (Fsp3) is 1.00. The van der Waals surface area contributed by atoms with E-state index >= 15 is 0 Å². The first kappa shape index (κ1) is 12.3. The number of hydrogen-bond acceptors (Lipinski definition) is 3. The minimum atomic E-state index is -0.137. The maximum Gasteiger partial charge on any atom is 0.0693 e. The summed E-state index contributed by atoms with van der Waals surface area (Å²) in [5.41, 5.74) is 5.79. The molecule has 4 N–H and O–H groups in total. The van der Waals surface area contributed by atoms with Gasteiger partial charge in [-0.1, -0.05) is 25.7 Å². The van der Waals surface area contributed by atoms with Gasteiger partial charge in [0.1, 0.15) is 0 Å². The molecule has 4 unspecified atom stereocenters. The van der Waals surface area contributed by atoms with Gasteiger partial charge in [-0.25, -0.2) is 0 Å². The first-order chi connectivity index (χ1) is 7.81. The van der Waals surface area contributed by atoms with E-state index in [1.807, 2.05) is 0 Å². The summed E-state index contributed by atoms with van der Waals surface area (Å²) in [7, 11) is 0. The molecule has 0 radical (unpaired) electrons. The number of hydrogen-bond donors (Lipinski definition) is 3. The predicted molar refractivity (Wildman–Crippen MR) is 66.2 cm³/mol. The van der Waals surface area contributed by atoms with E-state index in [2.05, 4.69) is 5.32 Å². The molecule has 94 valence electrons. The average Bonchev–Trinajstić information content (AvgIpc) is 2.64. The molecule has 0 amide bonds. The van der Waals surface area contributed by atoms with Crippen LogP contribution in [-0.2, 0) is 0 Å². The van der Waals surface area contributed by atoms with E-state index in [4.69, 9.17) is 5.73 Å². The zero-order valence-corrected chi connectivity index (χ0v) is 10.2. The van der Waals surface area contributed by atoms with Gasteiger partial charge in [-0.05, 0) is 38.1 Å². The van der Waals surface area contributed by atoms with Gasteiger partial charge in [0.25, 0.3) is 0 Å². The van der Waals surface area contributed by atoms with Gasteiger partial charge in [0.2, 0.25) is 0 Å². The lowest BCUT2D eigenvalue weighted by atomic mass is 9.99. The molecule has 2 fully saturated rings. The monoisotopic (exact) mass is 226 g/mol. The van der Waals surface area contributed by atoms with Crippen LogP contribution in [0.15, 0.2) is 0 Å². The second kappa shape index (κ2) is 5.99. The molecule has 0 spiro atoms. The molecule has 3 nitrogen and oxygen atoms in total. The highest BCUT2D eigenvalue weighted by molar-refractivity contribution is 4.89. The number of nitrogens with one attached hydrogen (secondary N) is 1. The smallest absolute Gasteiger partial charge is 0.0693 e. The standard InChI is InChI=1S/C13H26N2O/c14-9-10-5-4-7-11(10)15-12-6-2-1-3-8-13(12)16/h10-13,15-16H,1-9,14H2. The summed E-state index contributed by atoms with van der Waals surface area (Å²) in [6, 6.07) is 0.877. The van der Waals surface area contributed by atoms with Gasteiger partial charge in [0, 0.05) is 12.1 Å². The van der Waals surface area contributed by atoms with E-state index in [0.29, 0.717) is 18.0 Å². The van der Waals surface area contributed by atoms with E-state index in [0.717, 1.165) is 19.4 Å². The average molecular weight is 226 g/mol. The van der Waals surface area contributed by atoms with Crippen LogP contribution < -0.4 is 11.1 Å². The van der Waals surface area contributed by atoms with Crippen molar-refractivity contribution in [3.05, 3.63) is 0 Å². The maximum atomic E-state index is 10.1. The number of aliphatic hydroxyl groups excluding tert-OH is 1. The summed E-state index contributed by atoms with van der Waals surface area (Å²) in [5.74, 6) is 0.635. The Balaban J connectivity index is 1.86. The molecule has 16 heavy (non-hydrogen) atoms. The summed E-state index contributed by atoms with van der Waals surface area (Å²) < 4.78 is 0. The molecule has 0 aromatic rings. The Morgan fingerprint density at radius 3 is 2.50 bits per heavy atom. The van der Waals surface area contributed by atoms with Crippen molar-refractivity contribution in [3.8, 4) is 0 Å². The molecule has 2 saturated carbocycles. The zero-order chi connectivity index (χ0) is 11.4. The molecule has 2 rings (SSSR count). The van der Waals surface area contributed by atoms with Crippen LogP contribution in [0.25, 0.3) is 0 Å². The number of rotatable bonds is 3. The third-order valence-corrected chi connectivity index (χ3v) is 4.37. The molecule has 0 aliphatic heterocycles. The Labute approximate surface area is 98.8 Å². The topological polar surface area (TPSA) is 58.3 Å². The summed E-state index contributed by atoms with van der Waals surface area (Å²) in [4.78, 5) is 0. The largest absolute Gasteiger partial charge is 0.392 e. The molecule has 0 bridgehead atoms. The SMILES string of the molecule is NCC1CCCC1NC1CCCCCC1O. The third-order valence-electron chi connectivity index (χ3n) is 4.37. The highest BCUT2D eigenvalue weighted by Gasteiger charge is 2.30. The van der Waals surface area contributed by atoms with E-state index in [-0.39, 0.29) is 6.10 Å². The minimum Gasteiger partial charge on any atom is -0.392 e. The van der Waals surface area contributed by atoms with Crippen molar-refractivity contribution in [1.29, 1.82) is 0 Å². The molecule has 0 heterocycles. The van der Waals surface area contributed by atoms with E-state index in [1.54, 1.807) is 0 Å².